The lowest BCUT2D eigenvalue weighted by Gasteiger charge is -2.32. The molecular formula is C22H22ClFN2O5P. The molecule has 0 bridgehead atoms. The van der Waals surface area contributed by atoms with Crippen LogP contribution in [-0.2, 0) is 26.4 Å². The molecule has 2 heterocycles. The van der Waals surface area contributed by atoms with Gasteiger partial charge in [-0.15, -0.1) is 0 Å². The number of nitrogens with one attached hydrogen (secondary N) is 1. The third kappa shape index (κ3) is 5.71. The molecule has 0 unspecified atom stereocenters. The standard InChI is InChI=1S/C22H22ClFN2O5P/c23-19-8-4-16(12-20(19)24)22-17(13-25-31-22)5-9-21(27)26-18-6-2-15(3-7-18)14-32(28)29-10-1-11-30-32/h2-4,6-8,12-13,28H,1,5,9-11,14H2,(H,26,27). The molecule has 2 aromatic carbocycles. The molecule has 1 aliphatic heterocycles. The highest BCUT2D eigenvalue weighted by Gasteiger charge is 2.30. The molecule has 1 fully saturated rings. The maximum absolute atomic E-state index is 13.8. The first kappa shape index (κ1) is 22.8. The van der Waals surface area contributed by atoms with Crippen LogP contribution in [0.4, 0.5) is 10.1 Å². The molecular weight excluding hydrogens is 458 g/mol. The largest absolute Gasteiger partial charge is 0.356 e. The molecule has 3 aromatic rings. The molecule has 0 saturated carbocycles. The van der Waals surface area contributed by atoms with Crippen LogP contribution in [0, 0.1) is 5.82 Å². The Labute approximate surface area is 190 Å². The number of rotatable bonds is 7. The minimum absolute atomic E-state index is 0.0232. The number of amides is 1. The Morgan fingerprint density at radius 3 is 2.66 bits per heavy atom. The van der Waals surface area contributed by atoms with Gasteiger partial charge in [0.2, 0.25) is 13.9 Å². The van der Waals surface area contributed by atoms with Crippen LogP contribution < -0.4 is 5.32 Å². The molecule has 10 heteroatoms. The van der Waals surface area contributed by atoms with Gasteiger partial charge in [-0.25, -0.2) is 4.39 Å². The summed E-state index contributed by atoms with van der Waals surface area (Å²) >= 11 is 5.73. The summed E-state index contributed by atoms with van der Waals surface area (Å²) in [6, 6.07) is 11.5. The smallest absolute Gasteiger partial charge is 0.235 e. The first-order chi connectivity index (χ1) is 15.4. The number of hydrogen-bond donors (Lipinski definition) is 2. The summed E-state index contributed by atoms with van der Waals surface area (Å²) in [5.74, 6) is -0.327. The molecule has 169 valence electrons. The number of carbonyl (C=O) groups excluding carboxylic acids is 1. The van der Waals surface area contributed by atoms with Crippen LogP contribution in [-0.4, -0.2) is 29.2 Å². The average Bonchev–Trinajstić information content (AvgIpc) is 3.25. The zero-order valence-corrected chi connectivity index (χ0v) is 18.7. The highest BCUT2D eigenvalue weighted by molar-refractivity contribution is 7.59. The van der Waals surface area contributed by atoms with Crippen molar-refractivity contribution in [1.82, 2.24) is 5.16 Å². The second-order valence-electron chi connectivity index (χ2n) is 7.37. The summed E-state index contributed by atoms with van der Waals surface area (Å²) in [7, 11) is -2.84. The van der Waals surface area contributed by atoms with Crippen molar-refractivity contribution in [3.63, 3.8) is 0 Å². The maximum Gasteiger partial charge on any atom is 0.235 e. The molecule has 0 spiro atoms. The van der Waals surface area contributed by atoms with Crippen molar-refractivity contribution in [1.29, 1.82) is 0 Å². The second kappa shape index (κ2) is 10.1. The molecule has 2 N–H and O–H groups in total. The van der Waals surface area contributed by atoms with Crippen LogP contribution in [0.5, 0.6) is 0 Å². The zero-order chi connectivity index (χ0) is 22.6. The quantitative estimate of drug-likeness (QED) is 0.441. The van der Waals surface area contributed by atoms with E-state index in [-0.39, 0.29) is 17.4 Å². The number of hydrogen-bond acceptors (Lipinski definition) is 6. The fourth-order valence-electron chi connectivity index (χ4n) is 3.31. The Morgan fingerprint density at radius 2 is 1.94 bits per heavy atom. The number of nitrogens with zero attached hydrogens (tertiary/aromatic N) is 1. The van der Waals surface area contributed by atoms with Crippen molar-refractivity contribution in [3.8, 4) is 11.3 Å². The van der Waals surface area contributed by atoms with E-state index in [2.05, 4.69) is 10.5 Å². The number of halogens is 2. The Kier molecular flexibility index (Phi) is 7.18. The van der Waals surface area contributed by atoms with Crippen LogP contribution in [0.15, 0.2) is 53.2 Å². The highest BCUT2D eigenvalue weighted by atomic mass is 35.5. The van der Waals surface area contributed by atoms with E-state index in [9.17, 15) is 14.1 Å². The summed E-state index contributed by atoms with van der Waals surface area (Å²) in [5.41, 5.74) is 2.71. The molecule has 32 heavy (non-hydrogen) atoms. The summed E-state index contributed by atoms with van der Waals surface area (Å²) in [4.78, 5) is 22.8. The van der Waals surface area contributed by atoms with Gasteiger partial charge < -0.3 is 23.8 Å². The second-order valence-corrected chi connectivity index (χ2v) is 9.88. The molecule has 0 aliphatic carbocycles. The minimum atomic E-state index is -2.84. The minimum Gasteiger partial charge on any atom is -0.356 e. The van der Waals surface area contributed by atoms with E-state index in [4.69, 9.17) is 25.2 Å². The predicted molar refractivity (Wildman–Crippen MR) is 120 cm³/mol. The summed E-state index contributed by atoms with van der Waals surface area (Å²) < 4.78 is 29.8. The Balaban J connectivity index is 1.32. The number of benzene rings is 2. The van der Waals surface area contributed by atoms with E-state index < -0.39 is 13.8 Å². The Bertz CT molecular complexity index is 1090. The maximum atomic E-state index is 13.8. The summed E-state index contributed by atoms with van der Waals surface area (Å²) in [6.45, 7) is 0.999. The SMILES string of the molecule is O=C(CCc1cnoc1-c1ccc(Cl)c(F)c1)Nc1ccc(C[P]2(O)OCCCO2)cc1. The molecule has 0 atom stereocenters. The normalized spacial score (nSPS) is 15.5. The van der Waals surface area contributed by atoms with Gasteiger partial charge in [-0.2, -0.15) is 0 Å². The van der Waals surface area contributed by atoms with E-state index in [0.717, 1.165) is 12.0 Å². The van der Waals surface area contributed by atoms with Crippen molar-refractivity contribution >= 4 is 31.1 Å². The third-order valence-corrected chi connectivity index (χ3v) is 7.19. The van der Waals surface area contributed by atoms with Gasteiger partial charge in [-0.05, 0) is 48.7 Å². The van der Waals surface area contributed by atoms with E-state index in [1.54, 1.807) is 18.2 Å². The monoisotopic (exact) mass is 479 g/mol. The van der Waals surface area contributed by atoms with Crippen molar-refractivity contribution in [2.24, 2.45) is 0 Å². The van der Waals surface area contributed by atoms with E-state index >= 15 is 0 Å². The van der Waals surface area contributed by atoms with Crippen LogP contribution in [0.2, 0.25) is 5.02 Å². The molecule has 4 rings (SSSR count). The van der Waals surface area contributed by atoms with Gasteiger partial charge in [0.25, 0.3) is 0 Å². The van der Waals surface area contributed by atoms with Gasteiger partial charge >= 0.3 is 0 Å². The highest BCUT2D eigenvalue weighted by Crippen LogP contribution is 2.61. The number of carbonyl (C=O) groups is 1. The molecule has 1 aliphatic rings. The predicted octanol–water partition coefficient (Wildman–Crippen LogP) is 5.40. The van der Waals surface area contributed by atoms with Crippen LogP contribution in [0.25, 0.3) is 11.3 Å². The van der Waals surface area contributed by atoms with E-state index in [1.807, 2.05) is 12.1 Å². The van der Waals surface area contributed by atoms with Crippen molar-refractivity contribution in [2.45, 2.75) is 25.4 Å². The van der Waals surface area contributed by atoms with Gasteiger partial charge in [0.15, 0.2) is 5.76 Å². The first-order valence-electron chi connectivity index (χ1n) is 10.1. The van der Waals surface area contributed by atoms with Crippen molar-refractivity contribution in [3.05, 3.63) is 70.6 Å². The van der Waals surface area contributed by atoms with Crippen LogP contribution >= 0.6 is 19.5 Å². The lowest BCUT2D eigenvalue weighted by molar-refractivity contribution is -0.116. The van der Waals surface area contributed by atoms with E-state index in [1.165, 1.54) is 18.3 Å². The Hall–Kier alpha value is -2.35. The van der Waals surface area contributed by atoms with Gasteiger partial charge in [0.05, 0.1) is 30.6 Å². The lowest BCUT2D eigenvalue weighted by atomic mass is 10.1. The topological polar surface area (TPSA) is 93.8 Å². The third-order valence-electron chi connectivity index (χ3n) is 4.94. The summed E-state index contributed by atoms with van der Waals surface area (Å²) in [5, 5.41) is 6.64. The fraction of sp³-hybridized carbons (Fsp3) is 0.273. The van der Waals surface area contributed by atoms with Crippen LogP contribution in [0.1, 0.15) is 24.0 Å². The Morgan fingerprint density at radius 1 is 1.19 bits per heavy atom. The number of anilines is 1. The van der Waals surface area contributed by atoms with E-state index in [0.29, 0.717) is 48.4 Å². The average molecular weight is 480 g/mol. The van der Waals surface area contributed by atoms with Gasteiger partial charge in [-0.1, -0.05) is 28.9 Å². The van der Waals surface area contributed by atoms with Gasteiger partial charge in [0, 0.05) is 23.2 Å². The molecule has 1 aromatic heterocycles. The summed E-state index contributed by atoms with van der Waals surface area (Å²) in [6.07, 6.45) is 3.17. The molecule has 7 nitrogen and oxygen atoms in total. The molecule has 1 saturated heterocycles. The molecule has 1 amide bonds. The van der Waals surface area contributed by atoms with Crippen molar-refractivity contribution < 1.29 is 27.6 Å². The van der Waals surface area contributed by atoms with Gasteiger partial charge in [0.1, 0.15) is 5.82 Å². The fourth-order valence-corrected chi connectivity index (χ4v) is 5.19. The van der Waals surface area contributed by atoms with Crippen LogP contribution in [0.3, 0.4) is 0 Å². The number of aromatic nitrogens is 1. The lowest BCUT2D eigenvalue weighted by Crippen LogP contribution is -2.14. The number of aryl methyl sites for hydroxylation is 1. The zero-order valence-electron chi connectivity index (χ0n) is 17.1. The van der Waals surface area contributed by atoms with Crippen molar-refractivity contribution in [2.75, 3.05) is 18.5 Å². The first-order valence-corrected chi connectivity index (χ1v) is 12.2. The molecule has 1 radical (unpaired) electrons. The van der Waals surface area contributed by atoms with Gasteiger partial charge in [-0.3, -0.25) is 4.79 Å².